The van der Waals surface area contributed by atoms with Gasteiger partial charge in [0.2, 0.25) is 5.82 Å². The number of pyridine rings is 1. The van der Waals surface area contributed by atoms with Crippen molar-refractivity contribution < 1.29 is 0 Å². The van der Waals surface area contributed by atoms with Crippen LogP contribution in [-0.2, 0) is 0 Å². The van der Waals surface area contributed by atoms with Crippen LogP contribution in [0.1, 0.15) is 0 Å². The summed E-state index contributed by atoms with van der Waals surface area (Å²) < 4.78 is 0.754. The van der Waals surface area contributed by atoms with Crippen LogP contribution in [0.4, 0.5) is 0 Å². The fourth-order valence-corrected chi connectivity index (χ4v) is 1.19. The van der Waals surface area contributed by atoms with Gasteiger partial charge in [-0.3, -0.25) is 0 Å². The van der Waals surface area contributed by atoms with Crippen LogP contribution in [0.25, 0.3) is 11.4 Å². The standard InChI is InChI=1S/C6H4BrN5/c7-5-3-4(1-2-8-5)6-9-11-12-10-6/h1-3H,(H,9,10,11,12). The van der Waals surface area contributed by atoms with E-state index in [0.29, 0.717) is 5.82 Å². The van der Waals surface area contributed by atoms with E-state index >= 15 is 0 Å². The van der Waals surface area contributed by atoms with Gasteiger partial charge < -0.3 is 0 Å². The van der Waals surface area contributed by atoms with E-state index in [1.54, 1.807) is 6.20 Å². The number of hydrogen-bond donors (Lipinski definition) is 1. The third kappa shape index (κ3) is 1.33. The topological polar surface area (TPSA) is 67.3 Å². The maximum atomic E-state index is 3.98. The minimum Gasteiger partial charge on any atom is -0.249 e. The second-order valence-electron chi connectivity index (χ2n) is 2.10. The fourth-order valence-electron chi connectivity index (χ4n) is 0.826. The van der Waals surface area contributed by atoms with Gasteiger partial charge in [-0.25, -0.2) is 4.98 Å². The Hall–Kier alpha value is -1.30. The zero-order chi connectivity index (χ0) is 8.39. The van der Waals surface area contributed by atoms with Gasteiger partial charge in [0.25, 0.3) is 0 Å². The van der Waals surface area contributed by atoms with E-state index in [1.165, 1.54) is 0 Å². The molecule has 0 radical (unpaired) electrons. The van der Waals surface area contributed by atoms with Crippen LogP contribution < -0.4 is 0 Å². The van der Waals surface area contributed by atoms with Gasteiger partial charge in [-0.15, -0.1) is 10.2 Å². The molecule has 5 nitrogen and oxygen atoms in total. The van der Waals surface area contributed by atoms with E-state index in [9.17, 15) is 0 Å². The Morgan fingerprint density at radius 3 is 3.00 bits per heavy atom. The first kappa shape index (κ1) is 7.35. The molecule has 0 aliphatic rings. The lowest BCUT2D eigenvalue weighted by Crippen LogP contribution is -1.82. The van der Waals surface area contributed by atoms with Gasteiger partial charge in [0, 0.05) is 11.8 Å². The highest BCUT2D eigenvalue weighted by Crippen LogP contribution is 2.15. The largest absolute Gasteiger partial charge is 0.249 e. The summed E-state index contributed by atoms with van der Waals surface area (Å²) in [5, 5.41) is 13.5. The van der Waals surface area contributed by atoms with E-state index < -0.39 is 0 Å². The summed E-state index contributed by atoms with van der Waals surface area (Å²) in [7, 11) is 0. The number of aromatic nitrogens is 5. The van der Waals surface area contributed by atoms with Crippen LogP contribution in [0.2, 0.25) is 0 Å². The Balaban J connectivity index is 2.48. The molecule has 60 valence electrons. The number of H-pyrrole nitrogens is 1. The molecule has 6 heteroatoms. The van der Waals surface area contributed by atoms with Crippen LogP contribution in [0, 0.1) is 0 Å². The summed E-state index contributed by atoms with van der Waals surface area (Å²) in [5.41, 5.74) is 0.880. The summed E-state index contributed by atoms with van der Waals surface area (Å²) in [4.78, 5) is 3.98. The van der Waals surface area contributed by atoms with E-state index in [4.69, 9.17) is 0 Å². The van der Waals surface area contributed by atoms with Crippen LogP contribution in [-0.4, -0.2) is 25.6 Å². The van der Waals surface area contributed by atoms with Crippen molar-refractivity contribution in [2.24, 2.45) is 0 Å². The zero-order valence-corrected chi connectivity index (χ0v) is 7.48. The molecule has 0 amide bonds. The molecule has 0 unspecified atom stereocenters. The molecule has 1 N–H and O–H groups in total. The number of rotatable bonds is 1. The van der Waals surface area contributed by atoms with Crippen molar-refractivity contribution in [3.8, 4) is 11.4 Å². The molecule has 0 atom stereocenters. The smallest absolute Gasteiger partial charge is 0.204 e. The molecule has 0 bridgehead atoms. The Kier molecular flexibility index (Phi) is 1.83. The quantitative estimate of drug-likeness (QED) is 0.737. The Bertz CT molecular complexity index is 371. The Labute approximate surface area is 76.3 Å². The minimum absolute atomic E-state index is 0.568. The summed E-state index contributed by atoms with van der Waals surface area (Å²) >= 11 is 3.25. The molecule has 0 spiro atoms. The molecular weight excluding hydrogens is 222 g/mol. The number of tetrazole rings is 1. The van der Waals surface area contributed by atoms with Crippen LogP contribution >= 0.6 is 15.9 Å². The highest BCUT2D eigenvalue weighted by molar-refractivity contribution is 9.10. The third-order valence-corrected chi connectivity index (χ3v) is 1.76. The average Bonchev–Trinajstić information content (AvgIpc) is 2.56. The van der Waals surface area contributed by atoms with Crippen molar-refractivity contribution in [3.05, 3.63) is 22.9 Å². The lowest BCUT2D eigenvalue weighted by atomic mass is 10.3. The SMILES string of the molecule is Brc1cc(-c2nn[nH]n2)ccn1. The van der Waals surface area contributed by atoms with Gasteiger partial charge >= 0.3 is 0 Å². The van der Waals surface area contributed by atoms with E-state index in [-0.39, 0.29) is 0 Å². The number of aromatic amines is 1. The molecule has 0 aliphatic carbocycles. The van der Waals surface area contributed by atoms with Crippen LogP contribution in [0.5, 0.6) is 0 Å². The van der Waals surface area contributed by atoms with Crippen molar-refractivity contribution in [3.63, 3.8) is 0 Å². The third-order valence-electron chi connectivity index (χ3n) is 1.33. The van der Waals surface area contributed by atoms with Crippen molar-refractivity contribution in [1.82, 2.24) is 25.6 Å². The molecule has 0 aliphatic heterocycles. The maximum Gasteiger partial charge on any atom is 0.204 e. The van der Waals surface area contributed by atoms with Crippen LogP contribution in [0.15, 0.2) is 22.9 Å². The van der Waals surface area contributed by atoms with Crippen LogP contribution in [0.3, 0.4) is 0 Å². The minimum atomic E-state index is 0.568. The molecule has 2 heterocycles. The molecule has 2 aromatic rings. The normalized spacial score (nSPS) is 10.1. The van der Waals surface area contributed by atoms with Gasteiger partial charge in [-0.05, 0) is 33.3 Å². The Morgan fingerprint density at radius 2 is 2.33 bits per heavy atom. The number of halogens is 1. The maximum absolute atomic E-state index is 3.98. The predicted molar refractivity (Wildman–Crippen MR) is 45.1 cm³/mol. The van der Waals surface area contributed by atoms with Crippen molar-refractivity contribution in [2.45, 2.75) is 0 Å². The van der Waals surface area contributed by atoms with Crippen molar-refractivity contribution in [2.75, 3.05) is 0 Å². The first-order valence-corrected chi connectivity index (χ1v) is 4.01. The van der Waals surface area contributed by atoms with Gasteiger partial charge in [0.05, 0.1) is 0 Å². The summed E-state index contributed by atoms with van der Waals surface area (Å²) in [6, 6.07) is 3.64. The molecule has 2 rings (SSSR count). The average molecular weight is 226 g/mol. The molecule has 0 saturated carbocycles. The lowest BCUT2D eigenvalue weighted by molar-refractivity contribution is 0.881. The molecular formula is C6H4BrN5. The molecule has 2 aromatic heterocycles. The highest BCUT2D eigenvalue weighted by atomic mass is 79.9. The van der Waals surface area contributed by atoms with Crippen molar-refractivity contribution >= 4 is 15.9 Å². The first-order valence-electron chi connectivity index (χ1n) is 3.21. The summed E-state index contributed by atoms with van der Waals surface area (Å²) in [6.45, 7) is 0. The monoisotopic (exact) mass is 225 g/mol. The van der Waals surface area contributed by atoms with E-state index in [0.717, 1.165) is 10.2 Å². The lowest BCUT2D eigenvalue weighted by Gasteiger charge is -1.92. The summed E-state index contributed by atoms with van der Waals surface area (Å²) in [6.07, 6.45) is 1.68. The second kappa shape index (κ2) is 2.98. The van der Waals surface area contributed by atoms with Gasteiger partial charge in [0.1, 0.15) is 4.60 Å². The number of hydrogen-bond acceptors (Lipinski definition) is 4. The number of nitrogens with zero attached hydrogens (tertiary/aromatic N) is 4. The predicted octanol–water partition coefficient (Wildman–Crippen LogP) is 1.02. The molecule has 0 fully saturated rings. The van der Waals surface area contributed by atoms with Gasteiger partial charge in [0.15, 0.2) is 0 Å². The van der Waals surface area contributed by atoms with Gasteiger partial charge in [-0.2, -0.15) is 5.21 Å². The molecule has 12 heavy (non-hydrogen) atoms. The number of nitrogens with one attached hydrogen (secondary N) is 1. The highest BCUT2D eigenvalue weighted by Gasteiger charge is 2.01. The Morgan fingerprint density at radius 1 is 1.42 bits per heavy atom. The van der Waals surface area contributed by atoms with E-state index in [2.05, 4.69) is 41.5 Å². The second-order valence-corrected chi connectivity index (χ2v) is 2.92. The first-order chi connectivity index (χ1) is 5.86. The molecule has 0 saturated heterocycles. The van der Waals surface area contributed by atoms with Gasteiger partial charge in [-0.1, -0.05) is 0 Å². The summed E-state index contributed by atoms with van der Waals surface area (Å²) in [5.74, 6) is 0.568. The van der Waals surface area contributed by atoms with E-state index in [1.807, 2.05) is 12.1 Å². The fraction of sp³-hybridized carbons (Fsp3) is 0. The zero-order valence-electron chi connectivity index (χ0n) is 5.90. The molecule has 0 aromatic carbocycles. The van der Waals surface area contributed by atoms with Crippen molar-refractivity contribution in [1.29, 1.82) is 0 Å².